The van der Waals surface area contributed by atoms with E-state index in [0.29, 0.717) is 16.9 Å². The van der Waals surface area contributed by atoms with Gasteiger partial charge in [0.2, 0.25) is 0 Å². The molecule has 3 aromatic rings. The zero-order valence-corrected chi connectivity index (χ0v) is 9.88. The first-order chi connectivity index (χ1) is 8.75. The van der Waals surface area contributed by atoms with Gasteiger partial charge in [0.25, 0.3) is 0 Å². The van der Waals surface area contributed by atoms with E-state index in [9.17, 15) is 4.79 Å². The Balaban J connectivity index is 2.10. The number of rotatable bonds is 2. The van der Waals surface area contributed by atoms with Crippen molar-refractivity contribution in [2.45, 2.75) is 6.92 Å². The molecular weight excluding hydrogens is 226 g/mol. The van der Waals surface area contributed by atoms with Crippen LogP contribution in [-0.4, -0.2) is 10.8 Å². The largest absolute Gasteiger partial charge is 0.469 e. The molecule has 0 radical (unpaired) electrons. The van der Waals surface area contributed by atoms with Crippen LogP contribution >= 0.6 is 0 Å². The van der Waals surface area contributed by atoms with Crippen molar-refractivity contribution in [2.24, 2.45) is 0 Å². The summed E-state index contributed by atoms with van der Waals surface area (Å²) < 4.78 is 5.15. The molecule has 2 heterocycles. The molecule has 0 amide bonds. The monoisotopic (exact) mass is 237 g/mol. The quantitative estimate of drug-likeness (QED) is 0.642. The molecule has 3 heteroatoms. The lowest BCUT2D eigenvalue weighted by Crippen LogP contribution is -2.02. The minimum Gasteiger partial charge on any atom is -0.469 e. The van der Waals surface area contributed by atoms with Crippen LogP contribution in [0.1, 0.15) is 21.7 Å². The number of aryl methyl sites for hydroxylation is 1. The van der Waals surface area contributed by atoms with Crippen LogP contribution in [0.25, 0.3) is 10.9 Å². The second-order valence-electron chi connectivity index (χ2n) is 4.14. The number of para-hydroxylation sites is 1. The van der Waals surface area contributed by atoms with Gasteiger partial charge in [0.05, 0.1) is 17.3 Å². The molecule has 0 aliphatic rings. The molecule has 0 atom stereocenters. The fourth-order valence-corrected chi connectivity index (χ4v) is 1.97. The number of carbonyl (C=O) groups excluding carboxylic acids is 1. The number of nitrogens with zero attached hydrogens (tertiary/aromatic N) is 1. The molecule has 0 unspecified atom stereocenters. The molecule has 0 N–H and O–H groups in total. The van der Waals surface area contributed by atoms with Gasteiger partial charge < -0.3 is 4.42 Å². The lowest BCUT2D eigenvalue weighted by Gasteiger charge is -2.01. The van der Waals surface area contributed by atoms with E-state index in [4.69, 9.17) is 4.42 Å². The number of fused-ring (bicyclic) bond motifs is 1. The summed E-state index contributed by atoms with van der Waals surface area (Å²) in [5.74, 6) is 0.577. The number of hydrogen-bond donors (Lipinski definition) is 0. The van der Waals surface area contributed by atoms with Crippen molar-refractivity contribution in [1.29, 1.82) is 0 Å². The van der Waals surface area contributed by atoms with Crippen molar-refractivity contribution in [3.05, 3.63) is 65.7 Å². The summed E-state index contributed by atoms with van der Waals surface area (Å²) in [6.07, 6.45) is 3.13. The van der Waals surface area contributed by atoms with Crippen molar-refractivity contribution >= 4 is 16.7 Å². The summed E-state index contributed by atoms with van der Waals surface area (Å²) in [4.78, 5) is 16.6. The van der Waals surface area contributed by atoms with Crippen molar-refractivity contribution in [2.75, 3.05) is 0 Å². The summed E-state index contributed by atoms with van der Waals surface area (Å²) in [5.41, 5.74) is 2.06. The number of hydrogen-bond acceptors (Lipinski definition) is 3. The van der Waals surface area contributed by atoms with Gasteiger partial charge in [-0.3, -0.25) is 9.78 Å². The van der Waals surface area contributed by atoms with E-state index in [0.717, 1.165) is 10.9 Å². The Kier molecular flexibility index (Phi) is 2.45. The Hall–Kier alpha value is -2.42. The first-order valence-electron chi connectivity index (χ1n) is 5.69. The number of benzene rings is 1. The highest BCUT2D eigenvalue weighted by molar-refractivity contribution is 6.10. The van der Waals surface area contributed by atoms with Crippen LogP contribution in [0.3, 0.4) is 0 Å². The third kappa shape index (κ3) is 1.70. The van der Waals surface area contributed by atoms with E-state index >= 15 is 0 Å². The van der Waals surface area contributed by atoms with Crippen molar-refractivity contribution < 1.29 is 9.21 Å². The fourth-order valence-electron chi connectivity index (χ4n) is 1.97. The summed E-state index contributed by atoms with van der Waals surface area (Å²) in [6, 6.07) is 11.3. The van der Waals surface area contributed by atoms with Crippen LogP contribution in [0.4, 0.5) is 0 Å². The van der Waals surface area contributed by atoms with Gasteiger partial charge in [0.1, 0.15) is 5.76 Å². The molecule has 1 aromatic carbocycles. The van der Waals surface area contributed by atoms with Gasteiger partial charge in [-0.2, -0.15) is 0 Å². The maximum absolute atomic E-state index is 12.3. The minimum absolute atomic E-state index is 0.0560. The topological polar surface area (TPSA) is 43.1 Å². The maximum atomic E-state index is 12.3. The lowest BCUT2D eigenvalue weighted by molar-refractivity contribution is 0.103. The Bertz CT molecular complexity index is 728. The summed E-state index contributed by atoms with van der Waals surface area (Å²) in [7, 11) is 0. The van der Waals surface area contributed by atoms with Crippen molar-refractivity contribution in [3.8, 4) is 0 Å². The maximum Gasteiger partial charge on any atom is 0.198 e. The zero-order valence-electron chi connectivity index (χ0n) is 9.88. The molecule has 0 fully saturated rings. The summed E-state index contributed by atoms with van der Waals surface area (Å²) in [5, 5.41) is 0.962. The zero-order chi connectivity index (χ0) is 12.5. The molecule has 88 valence electrons. The predicted octanol–water partition coefficient (Wildman–Crippen LogP) is 3.37. The van der Waals surface area contributed by atoms with Gasteiger partial charge in [-0.1, -0.05) is 18.2 Å². The van der Waals surface area contributed by atoms with Gasteiger partial charge in [-0.15, -0.1) is 0 Å². The Morgan fingerprint density at radius 3 is 2.83 bits per heavy atom. The van der Waals surface area contributed by atoms with Gasteiger partial charge in [0, 0.05) is 17.1 Å². The minimum atomic E-state index is -0.0560. The van der Waals surface area contributed by atoms with E-state index in [-0.39, 0.29) is 5.78 Å². The second-order valence-corrected chi connectivity index (χ2v) is 4.14. The molecule has 3 rings (SSSR count). The van der Waals surface area contributed by atoms with Gasteiger partial charge in [0.15, 0.2) is 5.78 Å². The third-order valence-electron chi connectivity index (χ3n) is 2.96. The number of carbonyl (C=O) groups is 1. The molecule has 0 saturated carbocycles. The van der Waals surface area contributed by atoms with E-state index in [1.807, 2.05) is 30.3 Å². The molecule has 0 saturated heterocycles. The first-order valence-corrected chi connectivity index (χ1v) is 5.69. The van der Waals surface area contributed by atoms with E-state index in [2.05, 4.69) is 4.98 Å². The molecule has 0 aliphatic carbocycles. The first kappa shape index (κ1) is 10.7. The second kappa shape index (κ2) is 4.11. The molecular formula is C15H11NO2. The molecule has 3 nitrogen and oxygen atoms in total. The van der Waals surface area contributed by atoms with Crippen LogP contribution in [0, 0.1) is 6.92 Å². The molecule has 18 heavy (non-hydrogen) atoms. The standard InChI is InChI=1S/C15H11NO2/c1-10-13(6-7-18-10)15(17)12-8-11-4-2-3-5-14(11)16-9-12/h2-9H,1H3. The highest BCUT2D eigenvalue weighted by Gasteiger charge is 2.14. The normalized spacial score (nSPS) is 10.7. The van der Waals surface area contributed by atoms with Gasteiger partial charge in [-0.25, -0.2) is 0 Å². The van der Waals surface area contributed by atoms with Crippen molar-refractivity contribution in [1.82, 2.24) is 4.98 Å². The average Bonchev–Trinajstić information content (AvgIpc) is 2.83. The highest BCUT2D eigenvalue weighted by Crippen LogP contribution is 2.18. The lowest BCUT2D eigenvalue weighted by atomic mass is 10.0. The number of pyridine rings is 1. The molecule has 0 aliphatic heterocycles. The van der Waals surface area contributed by atoms with Crippen molar-refractivity contribution in [3.63, 3.8) is 0 Å². The van der Waals surface area contributed by atoms with Gasteiger partial charge in [-0.05, 0) is 25.1 Å². The van der Waals surface area contributed by atoms with Crippen LogP contribution in [0.2, 0.25) is 0 Å². The smallest absolute Gasteiger partial charge is 0.198 e. The Morgan fingerprint density at radius 2 is 2.06 bits per heavy atom. The third-order valence-corrected chi connectivity index (χ3v) is 2.96. The van der Waals surface area contributed by atoms with Crippen LogP contribution in [0.5, 0.6) is 0 Å². The summed E-state index contributed by atoms with van der Waals surface area (Å²) >= 11 is 0. The fraction of sp³-hybridized carbons (Fsp3) is 0.0667. The van der Waals surface area contributed by atoms with E-state index < -0.39 is 0 Å². The highest BCUT2D eigenvalue weighted by atomic mass is 16.3. The Labute approximate surface area is 104 Å². The average molecular weight is 237 g/mol. The number of furan rings is 1. The van der Waals surface area contributed by atoms with Crippen LogP contribution in [0.15, 0.2) is 53.3 Å². The molecule has 0 bridgehead atoms. The van der Waals surface area contributed by atoms with Crippen LogP contribution < -0.4 is 0 Å². The molecule has 2 aromatic heterocycles. The SMILES string of the molecule is Cc1occc1C(=O)c1cnc2ccccc2c1. The Morgan fingerprint density at radius 1 is 1.22 bits per heavy atom. The molecule has 0 spiro atoms. The number of ketones is 1. The number of aromatic nitrogens is 1. The van der Waals surface area contributed by atoms with Crippen LogP contribution in [-0.2, 0) is 0 Å². The van der Waals surface area contributed by atoms with Gasteiger partial charge >= 0.3 is 0 Å². The van der Waals surface area contributed by atoms with E-state index in [1.165, 1.54) is 6.26 Å². The summed E-state index contributed by atoms with van der Waals surface area (Å²) in [6.45, 7) is 1.78. The predicted molar refractivity (Wildman–Crippen MR) is 68.6 cm³/mol. The van der Waals surface area contributed by atoms with E-state index in [1.54, 1.807) is 19.2 Å².